The average Bonchev–Trinajstić information content (AvgIpc) is 3.38. The molecule has 4 aromatic rings. The molecular formula is C30H31N7O3. The molecule has 1 aromatic carbocycles. The van der Waals surface area contributed by atoms with Crippen molar-refractivity contribution in [3.05, 3.63) is 78.1 Å². The van der Waals surface area contributed by atoms with E-state index in [1.165, 1.54) is 0 Å². The first-order valence-electron chi connectivity index (χ1n) is 13.6. The Morgan fingerprint density at radius 1 is 1.10 bits per heavy atom. The Labute approximate surface area is 231 Å². The number of nitrogens with two attached hydrogens (primary N) is 1. The van der Waals surface area contributed by atoms with Gasteiger partial charge in [0.05, 0.1) is 23.6 Å². The van der Waals surface area contributed by atoms with Gasteiger partial charge in [-0.3, -0.25) is 14.3 Å². The van der Waals surface area contributed by atoms with Gasteiger partial charge in [-0.05, 0) is 56.4 Å². The summed E-state index contributed by atoms with van der Waals surface area (Å²) in [7, 11) is 0. The molecule has 40 heavy (non-hydrogen) atoms. The van der Waals surface area contributed by atoms with Crippen molar-refractivity contribution in [3.63, 3.8) is 0 Å². The monoisotopic (exact) mass is 537 g/mol. The van der Waals surface area contributed by atoms with Crippen molar-refractivity contribution in [2.75, 3.05) is 24.3 Å². The molecule has 2 atom stereocenters. The molecule has 4 N–H and O–H groups in total. The lowest BCUT2D eigenvalue weighted by Crippen LogP contribution is -2.40. The number of nitrogens with zero attached hydrogens (tertiary/aromatic N) is 4. The number of anilines is 2. The number of nitrogen functional groups attached to an aromatic ring is 1. The topological polar surface area (TPSA) is 137 Å². The summed E-state index contributed by atoms with van der Waals surface area (Å²) < 4.78 is 7.62. The molecule has 10 heteroatoms. The molecule has 2 aliphatic rings. The van der Waals surface area contributed by atoms with Gasteiger partial charge in [-0.25, -0.2) is 9.97 Å². The fourth-order valence-corrected chi connectivity index (χ4v) is 5.56. The Kier molecular flexibility index (Phi) is 7.24. The van der Waals surface area contributed by atoms with Crippen LogP contribution in [0.4, 0.5) is 11.6 Å². The lowest BCUT2D eigenvalue weighted by Gasteiger charge is -2.30. The highest BCUT2D eigenvalue weighted by atomic mass is 16.5. The number of nitrogens with one attached hydrogen (secondary N) is 2. The zero-order chi connectivity index (χ0) is 27.5. The number of hydrogen-bond donors (Lipinski definition) is 3. The molecule has 0 radical (unpaired) electrons. The minimum absolute atomic E-state index is 0.0478. The smallest absolute Gasteiger partial charge is 0.256 e. The summed E-state index contributed by atoms with van der Waals surface area (Å²) in [5, 5.41) is 11.9. The normalized spacial score (nSPS) is 20.4. The van der Waals surface area contributed by atoms with Gasteiger partial charge in [0.1, 0.15) is 23.9 Å². The first kappa shape index (κ1) is 25.7. The number of fused-ring (bicyclic) bond motifs is 3. The lowest BCUT2D eigenvalue weighted by atomic mass is 9.90. The van der Waals surface area contributed by atoms with Gasteiger partial charge < -0.3 is 21.1 Å². The minimum atomic E-state index is -0.243. The first-order valence-corrected chi connectivity index (χ1v) is 13.6. The van der Waals surface area contributed by atoms with E-state index < -0.39 is 0 Å². The van der Waals surface area contributed by atoms with Crippen LogP contribution in [0.15, 0.2) is 67.0 Å². The largest absolute Gasteiger partial charge is 0.383 e. The van der Waals surface area contributed by atoms with E-state index in [-0.39, 0.29) is 30.5 Å². The van der Waals surface area contributed by atoms with Gasteiger partial charge in [0, 0.05) is 35.1 Å². The zero-order valence-corrected chi connectivity index (χ0v) is 22.0. The summed E-state index contributed by atoms with van der Waals surface area (Å²) in [6.07, 6.45) is 11.6. The molecule has 10 nitrogen and oxygen atoms in total. The van der Waals surface area contributed by atoms with Crippen molar-refractivity contribution in [2.24, 2.45) is 0 Å². The van der Waals surface area contributed by atoms with E-state index in [1.54, 1.807) is 30.5 Å². The van der Waals surface area contributed by atoms with E-state index in [1.807, 2.05) is 36.5 Å². The summed E-state index contributed by atoms with van der Waals surface area (Å²) in [5.74, 6) is 0.563. The van der Waals surface area contributed by atoms with Crippen molar-refractivity contribution in [3.8, 4) is 11.3 Å². The predicted octanol–water partition coefficient (Wildman–Crippen LogP) is 4.06. The van der Waals surface area contributed by atoms with E-state index in [4.69, 9.17) is 15.6 Å². The Bertz CT molecular complexity index is 1560. The second-order valence-corrected chi connectivity index (χ2v) is 10.2. The van der Waals surface area contributed by atoms with E-state index in [2.05, 4.69) is 25.3 Å². The fourth-order valence-electron chi connectivity index (χ4n) is 5.56. The van der Waals surface area contributed by atoms with E-state index in [0.717, 1.165) is 53.4 Å². The number of ether oxygens (including phenoxy) is 1. The van der Waals surface area contributed by atoms with E-state index >= 15 is 0 Å². The number of allylic oxidation sites excluding steroid dienone is 1. The Hall–Kier alpha value is -4.57. The van der Waals surface area contributed by atoms with Gasteiger partial charge in [-0.15, -0.1) is 0 Å². The Balaban J connectivity index is 1.40. The molecule has 6 rings (SSSR count). The van der Waals surface area contributed by atoms with Crippen molar-refractivity contribution < 1.29 is 14.3 Å². The summed E-state index contributed by atoms with van der Waals surface area (Å²) >= 11 is 0. The van der Waals surface area contributed by atoms with Crippen LogP contribution in [0.5, 0.6) is 0 Å². The molecular weight excluding hydrogens is 506 g/mol. The molecule has 0 spiro atoms. The van der Waals surface area contributed by atoms with Crippen LogP contribution in [0.3, 0.4) is 0 Å². The summed E-state index contributed by atoms with van der Waals surface area (Å²) in [6, 6.07) is 12.8. The third-order valence-corrected chi connectivity index (χ3v) is 7.47. The second kappa shape index (κ2) is 11.3. The number of pyridine rings is 2. The molecule has 3 aromatic heterocycles. The van der Waals surface area contributed by atoms with Crippen molar-refractivity contribution in [2.45, 2.75) is 44.2 Å². The van der Waals surface area contributed by atoms with Crippen LogP contribution in [0.2, 0.25) is 0 Å². The molecule has 2 amide bonds. The quantitative estimate of drug-likeness (QED) is 0.335. The fraction of sp³-hybridized carbons (Fsp3) is 0.300. The first-order chi connectivity index (χ1) is 19.6. The maximum absolute atomic E-state index is 12.8. The number of hydrogen-bond acceptors (Lipinski definition) is 7. The highest BCUT2D eigenvalue weighted by Gasteiger charge is 2.29. The van der Waals surface area contributed by atoms with Crippen LogP contribution in [0.1, 0.15) is 47.6 Å². The third-order valence-electron chi connectivity index (χ3n) is 7.47. The number of aromatic nitrogens is 4. The van der Waals surface area contributed by atoms with Gasteiger partial charge in [0.2, 0.25) is 5.91 Å². The third kappa shape index (κ3) is 5.30. The number of rotatable bonds is 3. The van der Waals surface area contributed by atoms with Gasteiger partial charge in [0.15, 0.2) is 0 Å². The molecule has 2 bridgehead atoms. The molecule has 1 fully saturated rings. The predicted molar refractivity (Wildman–Crippen MR) is 153 cm³/mol. The maximum Gasteiger partial charge on any atom is 0.256 e. The Morgan fingerprint density at radius 3 is 2.80 bits per heavy atom. The average molecular weight is 538 g/mol. The van der Waals surface area contributed by atoms with Crippen LogP contribution in [-0.4, -0.2) is 50.8 Å². The zero-order valence-electron chi connectivity index (χ0n) is 22.0. The maximum atomic E-state index is 12.8. The standard InChI is InChI=1S/C30H31N7O3/c31-29-26-27(19-10-12-20(13-11-19)30(39)35-24-9-1-3-14-32-24)36-37-23-8-5-7-22(16-23)34-25(38)18-40-15-4-2-6-21(17-33-29)28(26)37/h1-4,9-14,17,22-23H,5-8,15-16,18H2,(H2,31,33)(H,34,38)(H,32,35,39)/b4-2-/t22-,23-/m1/s1. The highest BCUT2D eigenvalue weighted by molar-refractivity contribution is 6.05. The molecule has 1 saturated carbocycles. The van der Waals surface area contributed by atoms with Gasteiger partial charge in [0.25, 0.3) is 5.91 Å². The molecule has 4 heterocycles. The van der Waals surface area contributed by atoms with Gasteiger partial charge in [-0.1, -0.05) is 30.4 Å². The van der Waals surface area contributed by atoms with Crippen LogP contribution < -0.4 is 16.4 Å². The number of benzene rings is 1. The van der Waals surface area contributed by atoms with Gasteiger partial charge >= 0.3 is 0 Å². The lowest BCUT2D eigenvalue weighted by molar-refractivity contribution is -0.126. The summed E-state index contributed by atoms with van der Waals surface area (Å²) in [4.78, 5) is 33.9. The van der Waals surface area contributed by atoms with Gasteiger partial charge in [-0.2, -0.15) is 5.10 Å². The highest BCUT2D eigenvalue weighted by Crippen LogP contribution is 2.38. The minimum Gasteiger partial charge on any atom is -0.383 e. The van der Waals surface area contributed by atoms with Crippen LogP contribution >= 0.6 is 0 Å². The van der Waals surface area contributed by atoms with Crippen LogP contribution in [0, 0.1) is 0 Å². The van der Waals surface area contributed by atoms with Crippen LogP contribution in [0.25, 0.3) is 22.2 Å². The van der Waals surface area contributed by atoms with E-state index in [9.17, 15) is 9.59 Å². The van der Waals surface area contributed by atoms with Crippen LogP contribution in [-0.2, 0) is 16.0 Å². The number of carbonyl (C=O) groups is 2. The van der Waals surface area contributed by atoms with Crippen molar-refractivity contribution >= 4 is 34.4 Å². The van der Waals surface area contributed by atoms with Crippen molar-refractivity contribution in [1.82, 2.24) is 25.1 Å². The molecule has 0 unspecified atom stereocenters. The molecule has 1 aliphatic carbocycles. The summed E-state index contributed by atoms with van der Waals surface area (Å²) in [6.45, 7) is 0.406. The number of carbonyl (C=O) groups excluding carboxylic acids is 2. The SMILES string of the molecule is Nc1ncc2c3c1c(-c1ccc(C(=O)Nc4ccccn4)cc1)nn3[C@@H]1CCC[C@H](C1)NC(=O)COC/C=C\C2. The molecule has 0 saturated heterocycles. The number of amides is 2. The Morgan fingerprint density at radius 2 is 1.98 bits per heavy atom. The van der Waals surface area contributed by atoms with E-state index in [0.29, 0.717) is 30.2 Å². The summed E-state index contributed by atoms with van der Waals surface area (Å²) in [5.41, 5.74) is 10.5. The molecule has 204 valence electrons. The second-order valence-electron chi connectivity index (χ2n) is 10.2. The van der Waals surface area contributed by atoms with Crippen molar-refractivity contribution in [1.29, 1.82) is 0 Å². The molecule has 1 aliphatic heterocycles.